The third kappa shape index (κ3) is 4.02. The topological polar surface area (TPSA) is 80.6 Å². The Morgan fingerprint density at radius 3 is 2.70 bits per heavy atom. The van der Waals surface area contributed by atoms with Gasteiger partial charge in [-0.1, -0.05) is 11.3 Å². The van der Waals surface area contributed by atoms with Crippen LogP contribution in [-0.4, -0.2) is 58.1 Å². The van der Waals surface area contributed by atoms with Crippen LogP contribution in [0, 0.1) is 13.8 Å². The number of hydrogen-bond donors (Lipinski definition) is 0. The number of rotatable bonds is 5. The van der Waals surface area contributed by atoms with E-state index in [2.05, 4.69) is 9.88 Å². The highest BCUT2D eigenvalue weighted by Crippen LogP contribution is 2.32. The third-order valence-electron chi connectivity index (χ3n) is 5.38. The van der Waals surface area contributed by atoms with Gasteiger partial charge in [-0.2, -0.15) is 0 Å². The van der Waals surface area contributed by atoms with Crippen LogP contribution >= 0.6 is 11.3 Å². The standard InChI is InChI=1S/C21H25N5O3S/c1-4-29-16-5-6-17-18(11-16)30-21(23-17)25-9-7-24(8-10-25)19(27)12-26-13-22-15(3)14(2)20(26)28/h5-6,11,13H,4,7-10,12H2,1-3H3. The molecule has 0 bridgehead atoms. The molecule has 4 rings (SSSR count). The maximum absolute atomic E-state index is 12.7. The van der Waals surface area contributed by atoms with Gasteiger partial charge in [-0.15, -0.1) is 0 Å². The fourth-order valence-corrected chi connectivity index (χ4v) is 4.51. The normalized spacial score (nSPS) is 14.4. The first-order valence-corrected chi connectivity index (χ1v) is 10.9. The molecule has 0 unspecified atom stereocenters. The lowest BCUT2D eigenvalue weighted by Crippen LogP contribution is -2.50. The number of nitrogens with zero attached hydrogens (tertiary/aromatic N) is 5. The van der Waals surface area contributed by atoms with Crippen molar-refractivity contribution in [3.8, 4) is 5.75 Å². The van der Waals surface area contributed by atoms with Crippen molar-refractivity contribution in [2.24, 2.45) is 0 Å². The first kappa shape index (κ1) is 20.3. The van der Waals surface area contributed by atoms with Gasteiger partial charge in [0.25, 0.3) is 5.56 Å². The average Bonchev–Trinajstić information content (AvgIpc) is 3.18. The molecule has 30 heavy (non-hydrogen) atoms. The summed E-state index contributed by atoms with van der Waals surface area (Å²) >= 11 is 1.64. The fourth-order valence-electron chi connectivity index (χ4n) is 3.47. The molecule has 1 saturated heterocycles. The average molecular weight is 428 g/mol. The summed E-state index contributed by atoms with van der Waals surface area (Å²) in [6.07, 6.45) is 1.45. The molecule has 3 heterocycles. The van der Waals surface area contributed by atoms with Gasteiger partial charge < -0.3 is 14.5 Å². The lowest BCUT2D eigenvalue weighted by Gasteiger charge is -2.34. The van der Waals surface area contributed by atoms with E-state index in [0.29, 0.717) is 44.0 Å². The minimum absolute atomic E-state index is 0.0221. The van der Waals surface area contributed by atoms with E-state index in [1.807, 2.05) is 25.1 Å². The molecule has 1 aromatic carbocycles. The zero-order chi connectivity index (χ0) is 21.3. The van der Waals surface area contributed by atoms with Gasteiger partial charge in [0.2, 0.25) is 5.91 Å². The van der Waals surface area contributed by atoms with Crippen molar-refractivity contribution in [3.05, 3.63) is 46.1 Å². The second-order valence-corrected chi connectivity index (χ2v) is 8.32. The van der Waals surface area contributed by atoms with Crippen LogP contribution in [0.1, 0.15) is 18.2 Å². The molecule has 1 amide bonds. The molecular formula is C21H25N5O3S. The van der Waals surface area contributed by atoms with Gasteiger partial charge in [-0.3, -0.25) is 14.2 Å². The number of aromatic nitrogens is 3. The summed E-state index contributed by atoms with van der Waals surface area (Å²) < 4.78 is 8.06. The molecule has 1 aliphatic heterocycles. The van der Waals surface area contributed by atoms with Crippen LogP contribution in [0.3, 0.4) is 0 Å². The molecule has 0 atom stereocenters. The number of aryl methyl sites for hydroxylation is 1. The molecule has 2 aromatic heterocycles. The molecule has 0 N–H and O–H groups in total. The molecule has 9 heteroatoms. The number of benzene rings is 1. The lowest BCUT2D eigenvalue weighted by molar-refractivity contribution is -0.132. The van der Waals surface area contributed by atoms with Crippen LogP contribution in [-0.2, 0) is 11.3 Å². The van der Waals surface area contributed by atoms with Gasteiger partial charge in [0.15, 0.2) is 5.13 Å². The van der Waals surface area contributed by atoms with Crippen molar-refractivity contribution in [1.29, 1.82) is 0 Å². The van der Waals surface area contributed by atoms with E-state index in [1.165, 1.54) is 10.9 Å². The summed E-state index contributed by atoms with van der Waals surface area (Å²) in [5, 5.41) is 0.959. The lowest BCUT2D eigenvalue weighted by atomic mass is 10.2. The Kier molecular flexibility index (Phi) is 5.72. The number of piperazine rings is 1. The molecule has 0 saturated carbocycles. The van der Waals surface area contributed by atoms with Crippen LogP contribution < -0.4 is 15.2 Å². The van der Waals surface area contributed by atoms with Gasteiger partial charge in [0.05, 0.1) is 23.2 Å². The predicted molar refractivity (Wildman–Crippen MR) is 118 cm³/mol. The van der Waals surface area contributed by atoms with Crippen molar-refractivity contribution in [1.82, 2.24) is 19.4 Å². The van der Waals surface area contributed by atoms with E-state index in [1.54, 1.807) is 30.1 Å². The summed E-state index contributed by atoms with van der Waals surface area (Å²) in [7, 11) is 0. The number of amides is 1. The molecular weight excluding hydrogens is 402 g/mol. The van der Waals surface area contributed by atoms with E-state index < -0.39 is 0 Å². The predicted octanol–water partition coefficient (Wildman–Crippen LogP) is 2.22. The Labute approximate surface area is 178 Å². The van der Waals surface area contributed by atoms with Gasteiger partial charge in [-0.05, 0) is 39.0 Å². The maximum atomic E-state index is 12.7. The number of carbonyl (C=O) groups excluding carboxylic acids is 1. The minimum atomic E-state index is -0.157. The van der Waals surface area contributed by atoms with Crippen molar-refractivity contribution in [2.45, 2.75) is 27.3 Å². The SMILES string of the molecule is CCOc1ccc2nc(N3CCN(C(=O)Cn4cnc(C)c(C)c4=O)CC3)sc2c1. The van der Waals surface area contributed by atoms with Crippen LogP contribution in [0.4, 0.5) is 5.13 Å². The highest BCUT2D eigenvalue weighted by atomic mass is 32.1. The van der Waals surface area contributed by atoms with Crippen molar-refractivity contribution < 1.29 is 9.53 Å². The molecule has 8 nitrogen and oxygen atoms in total. The molecule has 0 aliphatic carbocycles. The van der Waals surface area contributed by atoms with Crippen molar-refractivity contribution in [3.63, 3.8) is 0 Å². The van der Waals surface area contributed by atoms with Gasteiger partial charge in [0, 0.05) is 37.4 Å². The number of anilines is 1. The van der Waals surface area contributed by atoms with E-state index in [9.17, 15) is 9.59 Å². The van der Waals surface area contributed by atoms with E-state index in [4.69, 9.17) is 9.72 Å². The molecule has 0 radical (unpaired) electrons. The summed E-state index contributed by atoms with van der Waals surface area (Å²) in [5.74, 6) is 0.791. The van der Waals surface area contributed by atoms with E-state index >= 15 is 0 Å². The third-order valence-corrected chi connectivity index (χ3v) is 6.46. The maximum Gasteiger partial charge on any atom is 0.256 e. The number of carbonyl (C=O) groups is 1. The summed E-state index contributed by atoms with van der Waals surface area (Å²) in [4.78, 5) is 38.0. The fraction of sp³-hybridized carbons (Fsp3) is 0.429. The smallest absolute Gasteiger partial charge is 0.256 e. The molecule has 158 valence electrons. The first-order valence-electron chi connectivity index (χ1n) is 10.0. The number of thiazole rings is 1. The highest BCUT2D eigenvalue weighted by molar-refractivity contribution is 7.22. The highest BCUT2D eigenvalue weighted by Gasteiger charge is 2.23. The quantitative estimate of drug-likeness (QED) is 0.621. The second kappa shape index (κ2) is 8.43. The van der Waals surface area contributed by atoms with Crippen molar-refractivity contribution in [2.75, 3.05) is 37.7 Å². The zero-order valence-corrected chi connectivity index (χ0v) is 18.2. The Morgan fingerprint density at radius 1 is 1.20 bits per heavy atom. The monoisotopic (exact) mass is 427 g/mol. The second-order valence-electron chi connectivity index (χ2n) is 7.31. The number of hydrogen-bond acceptors (Lipinski definition) is 7. The molecule has 3 aromatic rings. The van der Waals surface area contributed by atoms with Crippen molar-refractivity contribution >= 4 is 32.6 Å². The summed E-state index contributed by atoms with van der Waals surface area (Å²) in [6.45, 7) is 8.79. The van der Waals surface area contributed by atoms with Crippen LogP contribution in [0.5, 0.6) is 5.75 Å². The number of ether oxygens (including phenoxy) is 1. The van der Waals surface area contributed by atoms with Gasteiger partial charge in [-0.25, -0.2) is 9.97 Å². The zero-order valence-electron chi connectivity index (χ0n) is 17.4. The van der Waals surface area contributed by atoms with E-state index in [0.717, 1.165) is 21.1 Å². The number of fused-ring (bicyclic) bond motifs is 1. The van der Waals surface area contributed by atoms with E-state index in [-0.39, 0.29) is 18.0 Å². The van der Waals surface area contributed by atoms with Gasteiger partial charge >= 0.3 is 0 Å². The Hall–Kier alpha value is -2.94. The first-order chi connectivity index (χ1) is 14.5. The molecule has 1 aliphatic rings. The Bertz CT molecular complexity index is 1130. The molecule has 0 spiro atoms. The largest absolute Gasteiger partial charge is 0.494 e. The summed E-state index contributed by atoms with van der Waals surface area (Å²) in [6, 6.07) is 5.94. The Balaban J connectivity index is 1.40. The molecule has 1 fully saturated rings. The van der Waals surface area contributed by atoms with Crippen LogP contribution in [0.15, 0.2) is 29.3 Å². The Morgan fingerprint density at radius 2 is 1.97 bits per heavy atom. The van der Waals surface area contributed by atoms with Crippen LogP contribution in [0.25, 0.3) is 10.2 Å². The minimum Gasteiger partial charge on any atom is -0.494 e. The van der Waals surface area contributed by atoms with Gasteiger partial charge in [0.1, 0.15) is 12.3 Å². The summed E-state index contributed by atoms with van der Waals surface area (Å²) in [5.41, 5.74) is 2.08. The van der Waals surface area contributed by atoms with Crippen LogP contribution in [0.2, 0.25) is 0 Å².